The van der Waals surface area contributed by atoms with Crippen LogP contribution in [0.5, 0.6) is 11.5 Å². The summed E-state index contributed by atoms with van der Waals surface area (Å²) in [6.07, 6.45) is 0. The van der Waals surface area contributed by atoms with E-state index in [-0.39, 0.29) is 18.5 Å². The Morgan fingerprint density at radius 2 is 1.18 bits per heavy atom. The fourth-order valence-corrected chi connectivity index (χ4v) is 4.82. The van der Waals surface area contributed by atoms with Crippen molar-refractivity contribution in [2.45, 2.75) is 32.9 Å². The van der Waals surface area contributed by atoms with Gasteiger partial charge in [-0.05, 0) is 39.8 Å². The Balaban J connectivity index is 2.04. The number of aliphatic hydroxyl groups excluding tert-OH is 1. The first-order valence-corrected chi connectivity index (χ1v) is 14.3. The second-order valence-corrected chi connectivity index (χ2v) is 9.72. The van der Waals surface area contributed by atoms with Gasteiger partial charge in [-0.1, -0.05) is 11.8 Å². The summed E-state index contributed by atoms with van der Waals surface area (Å²) in [6.45, 7) is 11.5. The number of nitrogens with two attached hydrogens (primary N) is 2. The van der Waals surface area contributed by atoms with Gasteiger partial charge in [-0.2, -0.15) is 15.0 Å². The van der Waals surface area contributed by atoms with Crippen LogP contribution in [0, 0.1) is 0 Å². The molecular weight excluding hydrogens is 530 g/mol. The standard InChI is InChI=1S/C27H41N9O3S/c1-7-35(8-2)21-15-19(17(28)13-23(21)38-5)30-25-32-26(34-27(33-25)40-12-11-37)31-20-16-22(36(9-3)10-4)24(39-6)14-18(20)29/h13-16,37H,7-12,28-29H2,1-6H3,(H2,30,31,32,33,34). The first kappa shape index (κ1) is 30.7. The minimum absolute atomic E-state index is 0.0147. The lowest BCUT2D eigenvalue weighted by Gasteiger charge is -2.25. The van der Waals surface area contributed by atoms with Gasteiger partial charge in [0.25, 0.3) is 0 Å². The van der Waals surface area contributed by atoms with Crippen molar-refractivity contribution in [3.05, 3.63) is 24.3 Å². The molecule has 13 heteroatoms. The molecule has 0 aliphatic heterocycles. The van der Waals surface area contributed by atoms with Crippen LogP contribution in [0.1, 0.15) is 27.7 Å². The predicted molar refractivity (Wildman–Crippen MR) is 166 cm³/mol. The highest BCUT2D eigenvalue weighted by molar-refractivity contribution is 7.99. The maximum Gasteiger partial charge on any atom is 0.233 e. The number of ether oxygens (including phenoxy) is 2. The molecule has 0 saturated heterocycles. The minimum Gasteiger partial charge on any atom is -0.495 e. The van der Waals surface area contributed by atoms with E-state index in [1.807, 2.05) is 12.1 Å². The van der Waals surface area contributed by atoms with E-state index in [1.54, 1.807) is 26.4 Å². The molecule has 40 heavy (non-hydrogen) atoms. The van der Waals surface area contributed by atoms with Gasteiger partial charge >= 0.3 is 0 Å². The third-order valence-corrected chi connectivity index (χ3v) is 7.17. The normalized spacial score (nSPS) is 10.8. The van der Waals surface area contributed by atoms with Gasteiger partial charge in [0.1, 0.15) is 11.5 Å². The Labute approximate surface area is 240 Å². The van der Waals surface area contributed by atoms with Crippen LogP contribution in [0.15, 0.2) is 29.4 Å². The number of nitrogens with zero attached hydrogens (tertiary/aromatic N) is 5. The summed E-state index contributed by atoms with van der Waals surface area (Å²) in [6, 6.07) is 7.42. The Bertz CT molecular complexity index is 1180. The van der Waals surface area contributed by atoms with Crippen molar-refractivity contribution >= 4 is 57.8 Å². The molecule has 3 rings (SSSR count). The van der Waals surface area contributed by atoms with Gasteiger partial charge in [-0.3, -0.25) is 0 Å². The predicted octanol–water partition coefficient (Wildman–Crippen LogP) is 4.32. The number of aliphatic hydroxyl groups is 1. The van der Waals surface area contributed by atoms with E-state index >= 15 is 0 Å². The molecule has 218 valence electrons. The second-order valence-electron chi connectivity index (χ2n) is 8.65. The van der Waals surface area contributed by atoms with Crippen molar-refractivity contribution in [2.24, 2.45) is 0 Å². The van der Waals surface area contributed by atoms with Gasteiger partial charge in [0, 0.05) is 44.1 Å². The zero-order valence-corrected chi connectivity index (χ0v) is 24.9. The lowest BCUT2D eigenvalue weighted by molar-refractivity contribution is 0.322. The van der Waals surface area contributed by atoms with Gasteiger partial charge in [0.05, 0.1) is 55.0 Å². The molecule has 0 unspecified atom stereocenters. The number of benzene rings is 2. The van der Waals surface area contributed by atoms with Crippen molar-refractivity contribution in [2.75, 3.05) is 84.7 Å². The molecule has 3 aromatic rings. The number of aromatic nitrogens is 3. The van der Waals surface area contributed by atoms with E-state index in [1.165, 1.54) is 11.8 Å². The largest absolute Gasteiger partial charge is 0.495 e. The highest BCUT2D eigenvalue weighted by atomic mass is 32.2. The van der Waals surface area contributed by atoms with E-state index in [2.05, 4.69) is 63.1 Å². The maximum atomic E-state index is 9.38. The lowest BCUT2D eigenvalue weighted by atomic mass is 10.2. The summed E-state index contributed by atoms with van der Waals surface area (Å²) in [7, 11) is 3.25. The van der Waals surface area contributed by atoms with E-state index in [4.69, 9.17) is 20.9 Å². The molecule has 0 aliphatic carbocycles. The number of anilines is 8. The molecule has 0 atom stereocenters. The number of rotatable bonds is 15. The van der Waals surface area contributed by atoms with E-state index in [0.717, 1.165) is 37.6 Å². The number of hydrogen-bond acceptors (Lipinski definition) is 13. The van der Waals surface area contributed by atoms with Gasteiger partial charge in [-0.25, -0.2) is 0 Å². The van der Waals surface area contributed by atoms with Crippen LogP contribution in [-0.4, -0.2) is 72.8 Å². The average molecular weight is 572 g/mol. The van der Waals surface area contributed by atoms with Crippen LogP contribution in [0.4, 0.5) is 46.0 Å². The molecule has 0 radical (unpaired) electrons. The van der Waals surface area contributed by atoms with Crippen molar-refractivity contribution < 1.29 is 14.6 Å². The molecule has 12 nitrogen and oxygen atoms in total. The van der Waals surface area contributed by atoms with Crippen LogP contribution in [0.3, 0.4) is 0 Å². The number of thioether (sulfide) groups is 1. The Hall–Kier alpha value is -3.84. The third-order valence-electron chi connectivity index (χ3n) is 6.34. The van der Waals surface area contributed by atoms with Gasteiger partial charge in [0.2, 0.25) is 11.9 Å². The van der Waals surface area contributed by atoms with Crippen LogP contribution >= 0.6 is 11.8 Å². The van der Waals surface area contributed by atoms with E-state index in [0.29, 0.717) is 45.2 Å². The molecule has 1 heterocycles. The lowest BCUT2D eigenvalue weighted by Crippen LogP contribution is -2.22. The highest BCUT2D eigenvalue weighted by Crippen LogP contribution is 2.38. The van der Waals surface area contributed by atoms with Gasteiger partial charge in [-0.15, -0.1) is 0 Å². The Morgan fingerprint density at radius 1 is 0.750 bits per heavy atom. The molecule has 0 saturated carbocycles. The first-order chi connectivity index (χ1) is 19.3. The van der Waals surface area contributed by atoms with Crippen molar-refractivity contribution in [3.63, 3.8) is 0 Å². The molecule has 7 N–H and O–H groups in total. The zero-order valence-electron chi connectivity index (χ0n) is 24.1. The van der Waals surface area contributed by atoms with Crippen molar-refractivity contribution in [1.29, 1.82) is 0 Å². The van der Waals surface area contributed by atoms with Crippen LogP contribution in [-0.2, 0) is 0 Å². The molecule has 0 spiro atoms. The van der Waals surface area contributed by atoms with E-state index in [9.17, 15) is 5.11 Å². The fraction of sp³-hybridized carbons (Fsp3) is 0.444. The van der Waals surface area contributed by atoms with Gasteiger partial charge < -0.3 is 46.5 Å². The summed E-state index contributed by atoms with van der Waals surface area (Å²) < 4.78 is 11.2. The number of hydrogen-bond donors (Lipinski definition) is 5. The first-order valence-electron chi connectivity index (χ1n) is 13.3. The summed E-state index contributed by atoms with van der Waals surface area (Å²) in [4.78, 5) is 18.0. The summed E-state index contributed by atoms with van der Waals surface area (Å²) in [5, 5.41) is 16.3. The monoisotopic (exact) mass is 571 g/mol. The number of nitrogens with one attached hydrogen (secondary N) is 2. The molecule has 0 bridgehead atoms. The molecule has 0 aliphatic rings. The highest BCUT2D eigenvalue weighted by Gasteiger charge is 2.17. The minimum atomic E-state index is -0.0147. The summed E-state index contributed by atoms with van der Waals surface area (Å²) in [5.74, 6) is 2.37. The number of methoxy groups -OCH3 is 2. The topological polar surface area (TPSA) is 160 Å². The van der Waals surface area contributed by atoms with Crippen LogP contribution < -0.4 is 41.4 Å². The summed E-state index contributed by atoms with van der Waals surface area (Å²) in [5.41, 5.74) is 16.8. The molecule has 2 aromatic carbocycles. The maximum absolute atomic E-state index is 9.38. The van der Waals surface area contributed by atoms with E-state index < -0.39 is 0 Å². The van der Waals surface area contributed by atoms with Crippen LogP contribution in [0.25, 0.3) is 0 Å². The number of nitrogen functional groups attached to an aromatic ring is 2. The second kappa shape index (κ2) is 14.5. The zero-order chi connectivity index (χ0) is 29.2. The smallest absolute Gasteiger partial charge is 0.233 e. The Morgan fingerprint density at radius 3 is 1.52 bits per heavy atom. The Kier molecular flexibility index (Phi) is 11.1. The average Bonchev–Trinajstić information content (AvgIpc) is 2.95. The van der Waals surface area contributed by atoms with Crippen LogP contribution in [0.2, 0.25) is 0 Å². The van der Waals surface area contributed by atoms with Gasteiger partial charge in [0.15, 0.2) is 5.16 Å². The summed E-state index contributed by atoms with van der Waals surface area (Å²) >= 11 is 1.31. The third kappa shape index (κ3) is 7.21. The molecule has 0 fully saturated rings. The quantitative estimate of drug-likeness (QED) is 0.130. The molecular formula is C27H41N9O3S. The molecule has 1 aromatic heterocycles. The molecule has 0 amide bonds. The fourth-order valence-electron chi connectivity index (χ4n) is 4.25. The SMILES string of the molecule is CCN(CC)c1cc(Nc2nc(Nc3cc(N(CC)CC)c(OC)cc3N)nc(SCCO)n2)c(N)cc1OC. The van der Waals surface area contributed by atoms with Crippen molar-refractivity contribution in [1.82, 2.24) is 15.0 Å². The van der Waals surface area contributed by atoms with Crippen molar-refractivity contribution in [3.8, 4) is 11.5 Å².